The first kappa shape index (κ1) is 11.0. The first-order valence-electron chi connectivity index (χ1n) is 3.38. The molecular formula is C7H8N2O4. The van der Waals surface area contributed by atoms with Gasteiger partial charge in [0.25, 0.3) is 5.91 Å². The minimum absolute atomic E-state index is 0.297. The van der Waals surface area contributed by atoms with E-state index in [0.717, 1.165) is 6.26 Å². The van der Waals surface area contributed by atoms with Gasteiger partial charge in [-0.05, 0) is 6.92 Å². The molecule has 6 nitrogen and oxygen atoms in total. The second-order valence-electron chi connectivity index (χ2n) is 1.86. The summed E-state index contributed by atoms with van der Waals surface area (Å²) < 4.78 is 4.65. The number of hydrogen-bond donors (Lipinski definition) is 2. The van der Waals surface area contributed by atoms with Crippen molar-refractivity contribution in [3.8, 4) is 6.07 Å². The maximum Gasteiger partial charge on any atom is 0.411 e. The summed E-state index contributed by atoms with van der Waals surface area (Å²) in [7, 11) is 0. The fourth-order valence-electron chi connectivity index (χ4n) is 0.462. The molecule has 0 radical (unpaired) electrons. The van der Waals surface area contributed by atoms with E-state index < -0.39 is 12.0 Å². The zero-order valence-electron chi connectivity index (χ0n) is 6.90. The number of carboxylic acid groups (broad SMARTS) is 1. The molecule has 70 valence electrons. The second-order valence-corrected chi connectivity index (χ2v) is 1.86. The first-order chi connectivity index (χ1) is 6.11. The number of nitrogens with one attached hydrogen (secondary N) is 1. The molecule has 2 amide bonds. The first-order valence-corrected chi connectivity index (χ1v) is 3.38. The Hall–Kier alpha value is -2.03. The third-order valence-electron chi connectivity index (χ3n) is 0.953. The molecule has 0 atom stereocenters. The van der Waals surface area contributed by atoms with Gasteiger partial charge in [0.15, 0.2) is 5.57 Å². The van der Waals surface area contributed by atoms with Gasteiger partial charge in [-0.2, -0.15) is 5.26 Å². The van der Waals surface area contributed by atoms with Gasteiger partial charge in [-0.25, -0.2) is 4.79 Å². The van der Waals surface area contributed by atoms with E-state index in [4.69, 9.17) is 10.4 Å². The largest absolute Gasteiger partial charge is 0.500 e. The van der Waals surface area contributed by atoms with Gasteiger partial charge in [0, 0.05) is 0 Å². The molecule has 0 rings (SSSR count). The normalized spacial score (nSPS) is 10.0. The number of nitriles is 1. The van der Waals surface area contributed by atoms with Crippen LogP contribution in [-0.2, 0) is 9.53 Å². The molecule has 0 aromatic heterocycles. The van der Waals surface area contributed by atoms with Crippen molar-refractivity contribution in [1.29, 1.82) is 5.26 Å². The minimum Gasteiger partial charge on any atom is -0.500 e. The molecule has 0 aliphatic rings. The molecule has 6 heteroatoms. The highest BCUT2D eigenvalue weighted by Gasteiger charge is 2.11. The monoisotopic (exact) mass is 184 g/mol. The molecule has 0 aliphatic carbocycles. The average Bonchev–Trinajstić information content (AvgIpc) is 2.04. The molecule has 2 N–H and O–H groups in total. The Labute approximate surface area is 74.4 Å². The third-order valence-corrected chi connectivity index (χ3v) is 0.953. The molecule has 0 fully saturated rings. The number of carbonyl (C=O) groups excluding carboxylic acids is 1. The SMILES string of the molecule is CCOC=C(C#N)C(=O)NC(=O)O. The Morgan fingerprint density at radius 3 is 2.69 bits per heavy atom. The van der Waals surface area contributed by atoms with Crippen molar-refractivity contribution in [2.24, 2.45) is 0 Å². The van der Waals surface area contributed by atoms with Crippen molar-refractivity contribution in [2.75, 3.05) is 6.61 Å². The molecule has 0 aliphatic heterocycles. The highest BCUT2D eigenvalue weighted by molar-refractivity contribution is 6.04. The summed E-state index contributed by atoms with van der Waals surface area (Å²) in [5.74, 6) is -0.997. The van der Waals surface area contributed by atoms with Crippen LogP contribution in [0.4, 0.5) is 4.79 Å². The number of carbonyl (C=O) groups is 2. The lowest BCUT2D eigenvalue weighted by atomic mass is 10.3. The summed E-state index contributed by atoms with van der Waals surface area (Å²) in [5.41, 5.74) is -0.385. The summed E-state index contributed by atoms with van der Waals surface area (Å²) in [5, 5.41) is 18.0. The van der Waals surface area contributed by atoms with Crippen LogP contribution in [0.3, 0.4) is 0 Å². The van der Waals surface area contributed by atoms with E-state index in [1.807, 2.05) is 0 Å². The highest BCUT2D eigenvalue weighted by atomic mass is 16.5. The Morgan fingerprint density at radius 1 is 1.69 bits per heavy atom. The van der Waals surface area contributed by atoms with E-state index in [2.05, 4.69) is 4.74 Å². The van der Waals surface area contributed by atoms with Crippen LogP contribution in [0.25, 0.3) is 0 Å². The molecule has 13 heavy (non-hydrogen) atoms. The fraction of sp³-hybridized carbons (Fsp3) is 0.286. The quantitative estimate of drug-likeness (QED) is 0.371. The average molecular weight is 184 g/mol. The molecule has 0 aromatic rings. The van der Waals surface area contributed by atoms with E-state index >= 15 is 0 Å². The number of hydrogen-bond acceptors (Lipinski definition) is 4. The fourth-order valence-corrected chi connectivity index (χ4v) is 0.462. The lowest BCUT2D eigenvalue weighted by Gasteiger charge is -1.97. The van der Waals surface area contributed by atoms with Gasteiger partial charge in [0.2, 0.25) is 0 Å². The molecule has 0 saturated heterocycles. The Kier molecular flexibility index (Phi) is 4.72. The maximum absolute atomic E-state index is 10.8. The number of rotatable bonds is 3. The Bertz CT molecular complexity index is 277. The zero-order valence-corrected chi connectivity index (χ0v) is 6.90. The lowest BCUT2D eigenvalue weighted by Crippen LogP contribution is -2.29. The Morgan fingerprint density at radius 2 is 2.31 bits per heavy atom. The van der Waals surface area contributed by atoms with Crippen LogP contribution in [0, 0.1) is 11.3 Å². The molecule has 0 heterocycles. The highest BCUT2D eigenvalue weighted by Crippen LogP contribution is 1.92. The van der Waals surface area contributed by atoms with E-state index in [-0.39, 0.29) is 5.57 Å². The second kappa shape index (κ2) is 5.60. The van der Waals surface area contributed by atoms with Crippen LogP contribution >= 0.6 is 0 Å². The van der Waals surface area contributed by atoms with Gasteiger partial charge < -0.3 is 9.84 Å². The van der Waals surface area contributed by atoms with Crippen LogP contribution in [0.1, 0.15) is 6.92 Å². The number of ether oxygens (including phenoxy) is 1. The standard InChI is InChI=1S/C7H8N2O4/c1-2-13-4-5(3-8)6(10)9-7(11)12/h4H,2H2,1H3,(H,9,10)(H,11,12). The Balaban J connectivity index is 4.34. The maximum atomic E-state index is 10.8. The van der Waals surface area contributed by atoms with Crippen molar-refractivity contribution < 1.29 is 19.4 Å². The molecule has 0 aromatic carbocycles. The number of nitrogens with zero attached hydrogens (tertiary/aromatic N) is 1. The van der Waals surface area contributed by atoms with Gasteiger partial charge in [-0.1, -0.05) is 0 Å². The van der Waals surface area contributed by atoms with Crippen LogP contribution in [0.2, 0.25) is 0 Å². The van der Waals surface area contributed by atoms with Gasteiger partial charge in [-0.3, -0.25) is 10.1 Å². The van der Waals surface area contributed by atoms with E-state index in [0.29, 0.717) is 6.61 Å². The van der Waals surface area contributed by atoms with Crippen molar-refractivity contribution in [1.82, 2.24) is 5.32 Å². The molecule has 0 spiro atoms. The topological polar surface area (TPSA) is 99.4 Å². The van der Waals surface area contributed by atoms with Gasteiger partial charge in [0.1, 0.15) is 12.3 Å². The molecule has 0 bridgehead atoms. The van der Waals surface area contributed by atoms with Gasteiger partial charge in [0.05, 0.1) is 6.61 Å². The summed E-state index contributed by atoms with van der Waals surface area (Å²) in [4.78, 5) is 20.8. The molecule has 0 saturated carbocycles. The van der Waals surface area contributed by atoms with Crippen LogP contribution < -0.4 is 5.32 Å². The number of imide groups is 1. The molecule has 0 unspecified atom stereocenters. The van der Waals surface area contributed by atoms with Gasteiger partial charge >= 0.3 is 6.09 Å². The predicted molar refractivity (Wildman–Crippen MR) is 41.5 cm³/mol. The van der Waals surface area contributed by atoms with Crippen molar-refractivity contribution in [3.05, 3.63) is 11.8 Å². The molecular weight excluding hydrogens is 176 g/mol. The summed E-state index contributed by atoms with van der Waals surface area (Å²) >= 11 is 0. The zero-order chi connectivity index (χ0) is 10.3. The summed E-state index contributed by atoms with van der Waals surface area (Å²) in [6, 6.07) is 1.50. The predicted octanol–water partition coefficient (Wildman–Crippen LogP) is 0.225. The number of amides is 2. The van der Waals surface area contributed by atoms with Crippen LogP contribution in [0.15, 0.2) is 11.8 Å². The van der Waals surface area contributed by atoms with E-state index in [9.17, 15) is 9.59 Å². The van der Waals surface area contributed by atoms with Crippen LogP contribution in [-0.4, -0.2) is 23.7 Å². The van der Waals surface area contributed by atoms with Crippen molar-refractivity contribution in [2.45, 2.75) is 6.92 Å². The lowest BCUT2D eigenvalue weighted by molar-refractivity contribution is -0.116. The minimum atomic E-state index is -1.51. The third kappa shape index (κ3) is 4.42. The summed E-state index contributed by atoms with van der Waals surface area (Å²) in [6.07, 6.45) is -0.596. The van der Waals surface area contributed by atoms with Crippen molar-refractivity contribution in [3.63, 3.8) is 0 Å². The van der Waals surface area contributed by atoms with E-state index in [1.54, 1.807) is 6.92 Å². The van der Waals surface area contributed by atoms with Crippen molar-refractivity contribution >= 4 is 12.0 Å². The van der Waals surface area contributed by atoms with E-state index in [1.165, 1.54) is 11.4 Å². The van der Waals surface area contributed by atoms with Crippen LogP contribution in [0.5, 0.6) is 0 Å². The summed E-state index contributed by atoms with van der Waals surface area (Å²) in [6.45, 7) is 1.96. The smallest absolute Gasteiger partial charge is 0.411 e. The van der Waals surface area contributed by atoms with Gasteiger partial charge in [-0.15, -0.1) is 0 Å².